The van der Waals surface area contributed by atoms with Crippen molar-refractivity contribution < 1.29 is 13.2 Å². The van der Waals surface area contributed by atoms with Gasteiger partial charge in [-0.05, 0) is 48.7 Å². The van der Waals surface area contributed by atoms with E-state index in [2.05, 4.69) is 5.32 Å². The molecule has 0 unspecified atom stereocenters. The van der Waals surface area contributed by atoms with Crippen LogP contribution in [0.5, 0.6) is 0 Å². The lowest BCUT2D eigenvalue weighted by Crippen LogP contribution is -2.45. The van der Waals surface area contributed by atoms with Crippen LogP contribution in [0, 0.1) is 5.92 Å². The number of halogens is 2. The SMILES string of the molecule is O=C(NCc1ccccc1Cl)[C@@H]1CCCN(S(=O)(=O)c2ccc(Cl)cc2)C1. The number of carbonyl (C=O) groups excluding carboxylic acids is 1. The van der Waals surface area contributed by atoms with E-state index in [9.17, 15) is 13.2 Å². The summed E-state index contributed by atoms with van der Waals surface area (Å²) in [7, 11) is -3.65. The Morgan fingerprint density at radius 3 is 2.52 bits per heavy atom. The fraction of sp³-hybridized carbons (Fsp3) is 0.316. The maximum Gasteiger partial charge on any atom is 0.243 e. The molecular formula is C19H20Cl2N2O3S. The lowest BCUT2D eigenvalue weighted by molar-refractivity contribution is -0.126. The Kier molecular flexibility index (Phi) is 6.42. The summed E-state index contributed by atoms with van der Waals surface area (Å²) in [6.45, 7) is 0.886. The fourth-order valence-corrected chi connectivity index (χ4v) is 4.95. The number of rotatable bonds is 5. The summed E-state index contributed by atoms with van der Waals surface area (Å²) in [4.78, 5) is 12.7. The van der Waals surface area contributed by atoms with Gasteiger partial charge in [0.25, 0.3) is 0 Å². The van der Waals surface area contributed by atoms with Crippen LogP contribution in [-0.4, -0.2) is 31.7 Å². The number of piperidine rings is 1. The second-order valence-corrected chi connectivity index (χ2v) is 9.25. The van der Waals surface area contributed by atoms with Crippen LogP contribution in [0.3, 0.4) is 0 Å². The molecule has 0 spiro atoms. The molecule has 1 heterocycles. The molecule has 144 valence electrons. The smallest absolute Gasteiger partial charge is 0.243 e. The number of sulfonamides is 1. The molecule has 5 nitrogen and oxygen atoms in total. The van der Waals surface area contributed by atoms with Gasteiger partial charge >= 0.3 is 0 Å². The standard InChI is InChI=1S/C19H20Cl2N2O3S/c20-16-7-9-17(10-8-16)27(25,26)23-11-3-5-15(13-23)19(24)22-12-14-4-1-2-6-18(14)21/h1-2,4,6-10,15H,3,5,11-13H2,(H,22,24)/t15-/m1/s1. The zero-order valence-electron chi connectivity index (χ0n) is 14.6. The van der Waals surface area contributed by atoms with Gasteiger partial charge in [-0.25, -0.2) is 8.42 Å². The third-order valence-corrected chi connectivity index (χ3v) is 7.12. The molecule has 0 aliphatic carbocycles. The van der Waals surface area contributed by atoms with Gasteiger partial charge in [-0.3, -0.25) is 4.79 Å². The van der Waals surface area contributed by atoms with E-state index < -0.39 is 10.0 Å². The van der Waals surface area contributed by atoms with Crippen molar-refractivity contribution in [3.05, 3.63) is 64.1 Å². The Balaban J connectivity index is 1.65. The maximum atomic E-state index is 12.8. The number of hydrogen-bond donors (Lipinski definition) is 1. The van der Waals surface area contributed by atoms with Gasteiger partial charge < -0.3 is 5.32 Å². The molecule has 3 rings (SSSR count). The molecule has 2 aromatic carbocycles. The van der Waals surface area contributed by atoms with Crippen LogP contribution in [0.2, 0.25) is 10.0 Å². The number of benzene rings is 2. The third-order valence-electron chi connectivity index (χ3n) is 4.62. The van der Waals surface area contributed by atoms with Crippen molar-refractivity contribution in [3.8, 4) is 0 Å². The zero-order chi connectivity index (χ0) is 19.4. The van der Waals surface area contributed by atoms with Gasteiger partial charge in [0.15, 0.2) is 0 Å². The molecule has 27 heavy (non-hydrogen) atoms. The van der Waals surface area contributed by atoms with Crippen LogP contribution < -0.4 is 5.32 Å². The summed E-state index contributed by atoms with van der Waals surface area (Å²) in [6, 6.07) is 13.4. The van der Waals surface area contributed by atoms with E-state index in [1.807, 2.05) is 18.2 Å². The first kappa shape index (κ1) is 20.1. The quantitative estimate of drug-likeness (QED) is 0.791. The molecule has 0 saturated carbocycles. The van der Waals surface area contributed by atoms with E-state index in [1.54, 1.807) is 18.2 Å². The van der Waals surface area contributed by atoms with Crippen LogP contribution >= 0.6 is 23.2 Å². The highest BCUT2D eigenvalue weighted by Crippen LogP contribution is 2.25. The van der Waals surface area contributed by atoms with Crippen molar-refractivity contribution in [2.45, 2.75) is 24.3 Å². The lowest BCUT2D eigenvalue weighted by Gasteiger charge is -2.31. The van der Waals surface area contributed by atoms with E-state index in [0.29, 0.717) is 36.0 Å². The summed E-state index contributed by atoms with van der Waals surface area (Å²) < 4.78 is 27.0. The molecule has 1 fully saturated rings. The summed E-state index contributed by atoms with van der Waals surface area (Å²) in [5.41, 5.74) is 0.828. The minimum atomic E-state index is -3.65. The average Bonchev–Trinajstić information content (AvgIpc) is 2.67. The lowest BCUT2D eigenvalue weighted by atomic mass is 9.99. The molecule has 1 amide bonds. The van der Waals surface area contributed by atoms with Gasteiger partial charge in [0.1, 0.15) is 0 Å². The molecule has 8 heteroatoms. The second kappa shape index (κ2) is 8.61. The largest absolute Gasteiger partial charge is 0.352 e. The van der Waals surface area contributed by atoms with E-state index in [0.717, 1.165) is 5.56 Å². The monoisotopic (exact) mass is 426 g/mol. The predicted octanol–water partition coefficient (Wildman–Crippen LogP) is 3.71. The van der Waals surface area contributed by atoms with Gasteiger partial charge in [0, 0.05) is 29.7 Å². The number of nitrogens with zero attached hydrogens (tertiary/aromatic N) is 1. The fourth-order valence-electron chi connectivity index (χ4n) is 3.10. The first-order valence-corrected chi connectivity index (χ1v) is 10.8. The van der Waals surface area contributed by atoms with Crippen LogP contribution in [0.15, 0.2) is 53.4 Å². The maximum absolute atomic E-state index is 12.8. The molecule has 2 aromatic rings. The Bertz CT molecular complexity index is 917. The molecule has 1 aliphatic rings. The van der Waals surface area contributed by atoms with Crippen LogP contribution in [0.1, 0.15) is 18.4 Å². The van der Waals surface area contributed by atoms with Gasteiger partial charge in [0.05, 0.1) is 10.8 Å². The highest BCUT2D eigenvalue weighted by Gasteiger charge is 2.33. The van der Waals surface area contributed by atoms with Crippen molar-refractivity contribution in [1.82, 2.24) is 9.62 Å². The Morgan fingerprint density at radius 2 is 1.81 bits per heavy atom. The van der Waals surface area contributed by atoms with E-state index in [1.165, 1.54) is 16.4 Å². The third kappa shape index (κ3) is 4.82. The van der Waals surface area contributed by atoms with Gasteiger partial charge in [-0.15, -0.1) is 0 Å². The molecular weight excluding hydrogens is 407 g/mol. The summed E-state index contributed by atoms with van der Waals surface area (Å²) in [6.07, 6.45) is 1.29. The van der Waals surface area contributed by atoms with E-state index in [-0.39, 0.29) is 23.3 Å². The van der Waals surface area contributed by atoms with Crippen molar-refractivity contribution >= 4 is 39.1 Å². The Morgan fingerprint density at radius 1 is 1.11 bits per heavy atom. The van der Waals surface area contributed by atoms with Crippen molar-refractivity contribution in [1.29, 1.82) is 0 Å². The summed E-state index contributed by atoms with van der Waals surface area (Å²) in [5, 5.41) is 3.93. The predicted molar refractivity (Wildman–Crippen MR) is 106 cm³/mol. The van der Waals surface area contributed by atoms with Gasteiger partial charge in [0.2, 0.25) is 15.9 Å². The number of hydrogen-bond acceptors (Lipinski definition) is 3. The summed E-state index contributed by atoms with van der Waals surface area (Å²) in [5.74, 6) is -0.547. The molecule has 0 aromatic heterocycles. The first-order valence-electron chi connectivity index (χ1n) is 8.65. The molecule has 0 bridgehead atoms. The van der Waals surface area contributed by atoms with Crippen molar-refractivity contribution in [2.75, 3.05) is 13.1 Å². The average molecular weight is 427 g/mol. The zero-order valence-corrected chi connectivity index (χ0v) is 16.9. The summed E-state index contributed by atoms with van der Waals surface area (Å²) >= 11 is 11.9. The number of nitrogens with one attached hydrogen (secondary N) is 1. The minimum absolute atomic E-state index is 0.161. The topological polar surface area (TPSA) is 66.5 Å². The Hall–Kier alpha value is -1.60. The van der Waals surface area contributed by atoms with Crippen molar-refractivity contribution in [3.63, 3.8) is 0 Å². The van der Waals surface area contributed by atoms with Crippen molar-refractivity contribution in [2.24, 2.45) is 5.92 Å². The highest BCUT2D eigenvalue weighted by atomic mass is 35.5. The van der Waals surface area contributed by atoms with E-state index >= 15 is 0 Å². The minimum Gasteiger partial charge on any atom is -0.352 e. The number of carbonyl (C=O) groups is 1. The molecule has 0 radical (unpaired) electrons. The van der Waals surface area contributed by atoms with Crippen LogP contribution in [-0.2, 0) is 21.4 Å². The van der Waals surface area contributed by atoms with E-state index in [4.69, 9.17) is 23.2 Å². The molecule has 1 atom stereocenters. The van der Waals surface area contributed by atoms with Gasteiger partial charge in [-0.2, -0.15) is 4.31 Å². The molecule has 1 saturated heterocycles. The second-order valence-electron chi connectivity index (χ2n) is 6.47. The van der Waals surface area contributed by atoms with Crippen LogP contribution in [0.25, 0.3) is 0 Å². The normalized spacial score (nSPS) is 18.2. The highest BCUT2D eigenvalue weighted by molar-refractivity contribution is 7.89. The molecule has 1 N–H and O–H groups in total. The Labute approximate surface area is 169 Å². The van der Waals surface area contributed by atoms with Gasteiger partial charge in [-0.1, -0.05) is 41.4 Å². The first-order chi connectivity index (χ1) is 12.9. The molecule has 1 aliphatic heterocycles. The van der Waals surface area contributed by atoms with Crippen LogP contribution in [0.4, 0.5) is 0 Å². The number of amides is 1.